The van der Waals surface area contributed by atoms with Gasteiger partial charge in [0.2, 0.25) is 0 Å². The summed E-state index contributed by atoms with van der Waals surface area (Å²) in [5, 5.41) is 19.3. The van der Waals surface area contributed by atoms with Gasteiger partial charge in [-0.15, -0.1) is 0 Å². The molecule has 37 heavy (non-hydrogen) atoms. The summed E-state index contributed by atoms with van der Waals surface area (Å²) in [6, 6.07) is 15.9. The van der Waals surface area contributed by atoms with E-state index >= 15 is 0 Å². The van der Waals surface area contributed by atoms with Crippen molar-refractivity contribution in [2.24, 2.45) is 0 Å². The monoisotopic (exact) mass is 492 g/mol. The van der Waals surface area contributed by atoms with Gasteiger partial charge in [-0.1, -0.05) is 27.7 Å². The molecule has 0 bridgehead atoms. The van der Waals surface area contributed by atoms with Gasteiger partial charge in [0.25, 0.3) is 0 Å². The molecule has 1 aliphatic heterocycles. The Bertz CT molecular complexity index is 1590. The number of ether oxygens (including phenoxy) is 4. The SMILES string of the molecule is COc1cc2c(cc1OC)C1(CC2(C)C)CC(C)(C)c2cc3c(cc21)Oc1c(C#N)ccc(C#N)c1O3. The van der Waals surface area contributed by atoms with Gasteiger partial charge in [-0.2, -0.15) is 10.5 Å². The van der Waals surface area contributed by atoms with Gasteiger partial charge in [-0.3, -0.25) is 0 Å². The van der Waals surface area contributed by atoms with Crippen molar-refractivity contribution in [2.45, 2.75) is 56.8 Å². The number of methoxy groups -OCH3 is 2. The Morgan fingerprint density at radius 3 is 1.54 bits per heavy atom. The Morgan fingerprint density at radius 2 is 1.08 bits per heavy atom. The van der Waals surface area contributed by atoms with Gasteiger partial charge >= 0.3 is 0 Å². The molecule has 0 N–H and O–H groups in total. The zero-order chi connectivity index (χ0) is 26.3. The summed E-state index contributed by atoms with van der Waals surface area (Å²) in [6.07, 6.45) is 1.85. The van der Waals surface area contributed by atoms with Crippen LogP contribution in [0.4, 0.5) is 0 Å². The molecule has 0 saturated carbocycles. The predicted molar refractivity (Wildman–Crippen MR) is 138 cm³/mol. The lowest BCUT2D eigenvalue weighted by Crippen LogP contribution is -2.27. The summed E-state index contributed by atoms with van der Waals surface area (Å²) < 4.78 is 23.9. The van der Waals surface area contributed by atoms with Gasteiger partial charge in [-0.25, -0.2) is 0 Å². The van der Waals surface area contributed by atoms with Crippen molar-refractivity contribution in [3.05, 3.63) is 69.8 Å². The molecule has 6 rings (SSSR count). The Kier molecular flexibility index (Phi) is 4.67. The Hall–Kier alpha value is -4.16. The molecule has 6 nitrogen and oxygen atoms in total. The highest BCUT2D eigenvalue weighted by Gasteiger charge is 2.57. The number of nitriles is 2. The fourth-order valence-electron chi connectivity index (χ4n) is 6.96. The van der Waals surface area contributed by atoms with Crippen LogP contribution in [-0.2, 0) is 16.2 Å². The highest BCUT2D eigenvalue weighted by Crippen LogP contribution is 2.65. The molecular formula is C31H28N2O4. The number of fused-ring (bicyclic) bond motifs is 6. The summed E-state index contributed by atoms with van der Waals surface area (Å²) >= 11 is 0. The smallest absolute Gasteiger partial charge is 0.189 e. The van der Waals surface area contributed by atoms with E-state index in [4.69, 9.17) is 18.9 Å². The molecule has 0 amide bonds. The molecule has 0 saturated heterocycles. The third-order valence-electron chi connectivity index (χ3n) is 8.36. The van der Waals surface area contributed by atoms with E-state index in [1.165, 1.54) is 22.3 Å². The van der Waals surface area contributed by atoms with E-state index in [9.17, 15) is 10.5 Å². The van der Waals surface area contributed by atoms with E-state index in [0.717, 1.165) is 24.3 Å². The fourth-order valence-corrected chi connectivity index (χ4v) is 6.96. The van der Waals surface area contributed by atoms with Gasteiger partial charge in [0.15, 0.2) is 34.5 Å². The summed E-state index contributed by atoms with van der Waals surface area (Å²) in [6.45, 7) is 9.11. The van der Waals surface area contributed by atoms with E-state index < -0.39 is 0 Å². The van der Waals surface area contributed by atoms with Crippen molar-refractivity contribution in [3.8, 4) is 46.6 Å². The van der Waals surface area contributed by atoms with Crippen molar-refractivity contribution in [2.75, 3.05) is 14.2 Å². The average Bonchev–Trinajstić information content (AvgIpc) is 3.23. The number of benzene rings is 3. The van der Waals surface area contributed by atoms with Crippen molar-refractivity contribution < 1.29 is 18.9 Å². The average molecular weight is 493 g/mol. The summed E-state index contributed by atoms with van der Waals surface area (Å²) in [4.78, 5) is 0. The number of rotatable bonds is 2. The minimum atomic E-state index is -0.248. The second-order valence-electron chi connectivity index (χ2n) is 11.5. The van der Waals surface area contributed by atoms with Crippen LogP contribution in [0.25, 0.3) is 0 Å². The van der Waals surface area contributed by atoms with Crippen LogP contribution in [0.2, 0.25) is 0 Å². The number of hydrogen-bond donors (Lipinski definition) is 0. The molecule has 0 radical (unpaired) electrons. The van der Waals surface area contributed by atoms with Crippen LogP contribution in [0.15, 0.2) is 36.4 Å². The molecule has 1 atom stereocenters. The van der Waals surface area contributed by atoms with Gasteiger partial charge in [0.05, 0.1) is 25.3 Å². The van der Waals surface area contributed by atoms with E-state index in [-0.39, 0.29) is 16.2 Å². The second kappa shape index (κ2) is 7.43. The molecule has 0 fully saturated rings. The van der Waals surface area contributed by atoms with E-state index in [2.05, 4.69) is 64.1 Å². The van der Waals surface area contributed by atoms with Crippen molar-refractivity contribution in [1.29, 1.82) is 10.5 Å². The van der Waals surface area contributed by atoms with E-state index in [1.54, 1.807) is 26.4 Å². The first-order valence-electron chi connectivity index (χ1n) is 12.4. The second-order valence-corrected chi connectivity index (χ2v) is 11.5. The quantitative estimate of drug-likeness (QED) is 0.300. The maximum absolute atomic E-state index is 9.66. The lowest BCUT2D eigenvalue weighted by molar-refractivity contribution is 0.347. The summed E-state index contributed by atoms with van der Waals surface area (Å²) in [5.74, 6) is 3.16. The highest BCUT2D eigenvalue weighted by molar-refractivity contribution is 5.70. The molecule has 1 heterocycles. The maximum atomic E-state index is 9.66. The van der Waals surface area contributed by atoms with E-state index in [1.807, 2.05) is 0 Å². The standard InChI is InChI=1S/C31H28N2O4/c1-29(2)15-31(21-11-24(35-6)23(34-5)9-19(21)29)16-30(3,4)20-10-25-26(12-22(20)31)37-28-18(14-33)8-7-17(13-32)27(28)36-25/h7-12H,15-16H2,1-6H3. The Morgan fingerprint density at radius 1 is 0.676 bits per heavy atom. The van der Waals surface area contributed by atoms with Gasteiger partial charge in [0.1, 0.15) is 12.1 Å². The third kappa shape index (κ3) is 3.02. The van der Waals surface area contributed by atoms with Crippen LogP contribution in [0.1, 0.15) is 73.9 Å². The van der Waals surface area contributed by atoms with Crippen molar-refractivity contribution in [3.63, 3.8) is 0 Å². The molecule has 1 unspecified atom stereocenters. The molecule has 3 aromatic carbocycles. The molecule has 6 heteroatoms. The highest BCUT2D eigenvalue weighted by atomic mass is 16.6. The van der Waals surface area contributed by atoms with Gasteiger partial charge < -0.3 is 18.9 Å². The maximum Gasteiger partial charge on any atom is 0.189 e. The predicted octanol–water partition coefficient (Wildman–Crippen LogP) is 6.99. The molecule has 1 spiro atoms. The first kappa shape index (κ1) is 23.3. The largest absolute Gasteiger partial charge is 0.493 e. The first-order valence-corrected chi connectivity index (χ1v) is 12.4. The van der Waals surface area contributed by atoms with E-state index in [0.29, 0.717) is 34.1 Å². The zero-order valence-corrected chi connectivity index (χ0v) is 21.9. The molecule has 3 aliphatic rings. The van der Waals surface area contributed by atoms with Crippen molar-refractivity contribution in [1.82, 2.24) is 0 Å². The number of hydrogen-bond acceptors (Lipinski definition) is 6. The minimum absolute atomic E-state index is 0.0812. The van der Waals surface area contributed by atoms with Crippen LogP contribution in [0.5, 0.6) is 34.5 Å². The lowest BCUT2D eigenvalue weighted by Gasteiger charge is -2.31. The lowest BCUT2D eigenvalue weighted by atomic mass is 9.72. The Labute approximate surface area is 217 Å². The van der Waals surface area contributed by atoms with Crippen molar-refractivity contribution >= 4 is 0 Å². The summed E-state index contributed by atoms with van der Waals surface area (Å²) in [5.41, 5.74) is 5.13. The fraction of sp³-hybridized carbons (Fsp3) is 0.355. The molecule has 0 aromatic heterocycles. The number of nitrogens with zero attached hydrogens (tertiary/aromatic N) is 2. The minimum Gasteiger partial charge on any atom is -0.493 e. The normalized spacial score (nSPS) is 20.9. The molecule has 186 valence electrons. The molecular weight excluding hydrogens is 464 g/mol. The van der Waals surface area contributed by atoms with Crippen LogP contribution in [0, 0.1) is 22.7 Å². The summed E-state index contributed by atoms with van der Waals surface area (Å²) in [7, 11) is 3.34. The van der Waals surface area contributed by atoms with Crippen LogP contribution in [-0.4, -0.2) is 14.2 Å². The Balaban J connectivity index is 1.58. The van der Waals surface area contributed by atoms with Crippen LogP contribution < -0.4 is 18.9 Å². The zero-order valence-electron chi connectivity index (χ0n) is 21.9. The van der Waals surface area contributed by atoms with Crippen LogP contribution >= 0.6 is 0 Å². The first-order chi connectivity index (χ1) is 17.6. The molecule has 2 aliphatic carbocycles. The van der Waals surface area contributed by atoms with Crippen LogP contribution in [0.3, 0.4) is 0 Å². The molecule has 3 aromatic rings. The van der Waals surface area contributed by atoms with Gasteiger partial charge in [0, 0.05) is 5.41 Å². The van der Waals surface area contributed by atoms with Gasteiger partial charge in [-0.05, 0) is 82.3 Å². The third-order valence-corrected chi connectivity index (χ3v) is 8.36. The topological polar surface area (TPSA) is 84.5 Å².